The van der Waals surface area contributed by atoms with Crippen molar-refractivity contribution in [2.45, 2.75) is 45.4 Å². The Morgan fingerprint density at radius 2 is 2.25 bits per heavy atom. The van der Waals surface area contributed by atoms with Crippen LogP contribution in [0.25, 0.3) is 11.5 Å². The monoisotopic (exact) mass is 272 g/mol. The molecule has 1 aromatic carbocycles. The minimum absolute atomic E-state index is 0.160. The molecule has 0 saturated heterocycles. The highest BCUT2D eigenvalue weighted by molar-refractivity contribution is 5.56. The summed E-state index contributed by atoms with van der Waals surface area (Å²) in [5, 5.41) is 3.43. The molecule has 106 valence electrons. The lowest BCUT2D eigenvalue weighted by atomic mass is 10.2. The molecular weight excluding hydrogens is 252 g/mol. The minimum atomic E-state index is 0.160. The van der Waals surface area contributed by atoms with Gasteiger partial charge in [-0.1, -0.05) is 6.07 Å². The molecule has 0 aliphatic heterocycles. The molecule has 0 spiro atoms. The lowest BCUT2D eigenvalue weighted by Crippen LogP contribution is -2.15. The molecule has 1 aromatic heterocycles. The summed E-state index contributed by atoms with van der Waals surface area (Å²) in [5.74, 6) is 1.49. The van der Waals surface area contributed by atoms with Crippen LogP contribution in [0.4, 0.5) is 0 Å². The number of nitrogens with zero attached hydrogens (tertiary/aromatic N) is 1. The van der Waals surface area contributed by atoms with Crippen molar-refractivity contribution in [3.8, 4) is 17.2 Å². The fourth-order valence-electron chi connectivity index (χ4n) is 2.03. The molecular formula is C16H20N2O2. The van der Waals surface area contributed by atoms with Crippen molar-refractivity contribution in [1.29, 1.82) is 0 Å². The summed E-state index contributed by atoms with van der Waals surface area (Å²) in [4.78, 5) is 4.52. The second-order valence-electron chi connectivity index (χ2n) is 5.49. The van der Waals surface area contributed by atoms with Crippen molar-refractivity contribution in [3.05, 3.63) is 36.2 Å². The average Bonchev–Trinajstić information content (AvgIpc) is 3.13. The SMILES string of the molecule is CC(C)Oc1cccc(-c2nc(CNC3CC3)co2)c1. The highest BCUT2D eigenvalue weighted by Gasteiger charge is 2.20. The zero-order chi connectivity index (χ0) is 13.9. The van der Waals surface area contributed by atoms with Gasteiger partial charge in [-0.15, -0.1) is 0 Å². The van der Waals surface area contributed by atoms with Crippen molar-refractivity contribution < 1.29 is 9.15 Å². The van der Waals surface area contributed by atoms with Gasteiger partial charge in [0.05, 0.1) is 11.8 Å². The van der Waals surface area contributed by atoms with Gasteiger partial charge in [-0.05, 0) is 44.9 Å². The summed E-state index contributed by atoms with van der Waals surface area (Å²) < 4.78 is 11.2. The molecule has 20 heavy (non-hydrogen) atoms. The van der Waals surface area contributed by atoms with E-state index in [-0.39, 0.29) is 6.10 Å². The van der Waals surface area contributed by atoms with E-state index in [0.29, 0.717) is 11.9 Å². The van der Waals surface area contributed by atoms with E-state index >= 15 is 0 Å². The van der Waals surface area contributed by atoms with Crippen LogP contribution in [0.5, 0.6) is 5.75 Å². The number of benzene rings is 1. The van der Waals surface area contributed by atoms with E-state index in [1.54, 1.807) is 6.26 Å². The Kier molecular flexibility index (Phi) is 3.74. The van der Waals surface area contributed by atoms with Crippen LogP contribution in [-0.2, 0) is 6.54 Å². The lowest BCUT2D eigenvalue weighted by molar-refractivity contribution is 0.242. The summed E-state index contributed by atoms with van der Waals surface area (Å²) in [6.45, 7) is 4.80. The van der Waals surface area contributed by atoms with Crippen molar-refractivity contribution in [1.82, 2.24) is 10.3 Å². The summed E-state index contributed by atoms with van der Waals surface area (Å²) in [6, 6.07) is 8.53. The van der Waals surface area contributed by atoms with Crippen molar-refractivity contribution in [2.24, 2.45) is 0 Å². The molecule has 0 unspecified atom stereocenters. The van der Waals surface area contributed by atoms with Crippen LogP contribution in [0.1, 0.15) is 32.4 Å². The fourth-order valence-corrected chi connectivity index (χ4v) is 2.03. The molecule has 4 heteroatoms. The smallest absolute Gasteiger partial charge is 0.226 e. The molecule has 0 bridgehead atoms. The molecule has 0 amide bonds. The van der Waals surface area contributed by atoms with Crippen molar-refractivity contribution in [2.75, 3.05) is 0 Å². The Balaban J connectivity index is 1.71. The molecule has 1 fully saturated rings. The molecule has 1 heterocycles. The standard InChI is InChI=1S/C16H20N2O2/c1-11(2)20-15-5-3-4-12(8-15)16-18-14(10-19-16)9-17-13-6-7-13/h3-5,8,10-11,13,17H,6-7,9H2,1-2H3. The van der Waals surface area contributed by atoms with Crippen LogP contribution in [0, 0.1) is 0 Å². The van der Waals surface area contributed by atoms with Gasteiger partial charge < -0.3 is 14.5 Å². The van der Waals surface area contributed by atoms with Crippen molar-refractivity contribution >= 4 is 0 Å². The van der Waals surface area contributed by atoms with Crippen LogP contribution < -0.4 is 10.1 Å². The molecule has 2 aromatic rings. The van der Waals surface area contributed by atoms with Gasteiger partial charge in [-0.25, -0.2) is 4.98 Å². The van der Waals surface area contributed by atoms with E-state index in [4.69, 9.17) is 9.15 Å². The van der Waals surface area contributed by atoms with Crippen LogP contribution in [0.15, 0.2) is 34.9 Å². The molecule has 0 radical (unpaired) electrons. The number of ether oxygens (including phenoxy) is 1. The number of oxazole rings is 1. The molecule has 1 aliphatic rings. The maximum absolute atomic E-state index is 5.69. The molecule has 1 aliphatic carbocycles. The number of hydrogen-bond acceptors (Lipinski definition) is 4. The van der Waals surface area contributed by atoms with E-state index in [2.05, 4.69) is 10.3 Å². The summed E-state index contributed by atoms with van der Waals surface area (Å²) >= 11 is 0. The second kappa shape index (κ2) is 5.67. The summed E-state index contributed by atoms with van der Waals surface area (Å²) in [6.07, 6.45) is 4.44. The summed E-state index contributed by atoms with van der Waals surface area (Å²) in [7, 11) is 0. The van der Waals surface area contributed by atoms with E-state index in [9.17, 15) is 0 Å². The predicted octanol–water partition coefficient (Wildman–Crippen LogP) is 3.38. The zero-order valence-corrected chi connectivity index (χ0v) is 11.9. The highest BCUT2D eigenvalue weighted by Crippen LogP contribution is 2.24. The van der Waals surface area contributed by atoms with E-state index in [1.165, 1.54) is 12.8 Å². The lowest BCUT2D eigenvalue weighted by Gasteiger charge is -2.09. The van der Waals surface area contributed by atoms with E-state index in [1.807, 2.05) is 38.1 Å². The van der Waals surface area contributed by atoms with Crippen LogP contribution in [0.2, 0.25) is 0 Å². The Morgan fingerprint density at radius 3 is 3.00 bits per heavy atom. The maximum atomic E-state index is 5.69. The van der Waals surface area contributed by atoms with Gasteiger partial charge >= 0.3 is 0 Å². The van der Waals surface area contributed by atoms with Crippen LogP contribution >= 0.6 is 0 Å². The van der Waals surface area contributed by atoms with Gasteiger partial charge in [0, 0.05) is 18.2 Å². The number of hydrogen-bond donors (Lipinski definition) is 1. The third-order valence-corrected chi connectivity index (χ3v) is 3.15. The quantitative estimate of drug-likeness (QED) is 0.875. The highest BCUT2D eigenvalue weighted by atomic mass is 16.5. The van der Waals surface area contributed by atoms with E-state index in [0.717, 1.165) is 23.6 Å². The molecule has 0 atom stereocenters. The minimum Gasteiger partial charge on any atom is -0.491 e. The number of nitrogens with one attached hydrogen (secondary N) is 1. The van der Waals surface area contributed by atoms with Gasteiger partial charge in [0.25, 0.3) is 0 Å². The Bertz CT molecular complexity index is 573. The van der Waals surface area contributed by atoms with Gasteiger partial charge in [-0.2, -0.15) is 0 Å². The third-order valence-electron chi connectivity index (χ3n) is 3.15. The van der Waals surface area contributed by atoms with Gasteiger partial charge in [-0.3, -0.25) is 0 Å². The van der Waals surface area contributed by atoms with Gasteiger partial charge in [0.1, 0.15) is 12.0 Å². The number of rotatable bonds is 6. The van der Waals surface area contributed by atoms with Gasteiger partial charge in [0.15, 0.2) is 0 Å². The Labute approximate surface area is 119 Å². The average molecular weight is 272 g/mol. The third kappa shape index (κ3) is 3.39. The second-order valence-corrected chi connectivity index (χ2v) is 5.49. The maximum Gasteiger partial charge on any atom is 0.226 e. The van der Waals surface area contributed by atoms with Gasteiger partial charge in [0.2, 0.25) is 5.89 Å². The largest absolute Gasteiger partial charge is 0.491 e. The van der Waals surface area contributed by atoms with Crippen LogP contribution in [0.3, 0.4) is 0 Å². The molecule has 1 N–H and O–H groups in total. The first-order valence-corrected chi connectivity index (χ1v) is 7.15. The number of aromatic nitrogens is 1. The fraction of sp³-hybridized carbons (Fsp3) is 0.438. The first-order chi connectivity index (χ1) is 9.70. The molecule has 1 saturated carbocycles. The topological polar surface area (TPSA) is 47.3 Å². The first-order valence-electron chi connectivity index (χ1n) is 7.15. The summed E-state index contributed by atoms with van der Waals surface area (Å²) in [5.41, 5.74) is 1.89. The Morgan fingerprint density at radius 1 is 1.40 bits per heavy atom. The molecule has 4 nitrogen and oxygen atoms in total. The Hall–Kier alpha value is -1.81. The zero-order valence-electron chi connectivity index (χ0n) is 11.9. The predicted molar refractivity (Wildman–Crippen MR) is 77.6 cm³/mol. The van der Waals surface area contributed by atoms with Crippen molar-refractivity contribution in [3.63, 3.8) is 0 Å². The molecule has 3 rings (SSSR count). The van der Waals surface area contributed by atoms with Crippen LogP contribution in [-0.4, -0.2) is 17.1 Å². The van der Waals surface area contributed by atoms with E-state index < -0.39 is 0 Å². The first kappa shape index (κ1) is 13.2. The normalized spacial score (nSPS) is 14.8.